The summed E-state index contributed by atoms with van der Waals surface area (Å²) >= 11 is 5.90. The topological polar surface area (TPSA) is 70.2 Å². The van der Waals surface area contributed by atoms with Crippen molar-refractivity contribution in [3.63, 3.8) is 0 Å². The Morgan fingerprint density at radius 2 is 2.00 bits per heavy atom. The van der Waals surface area contributed by atoms with Crippen molar-refractivity contribution in [1.82, 2.24) is 0 Å². The lowest BCUT2D eigenvalue weighted by molar-refractivity contribution is -0.384. The van der Waals surface area contributed by atoms with Gasteiger partial charge in [-0.15, -0.1) is 11.6 Å². The van der Waals surface area contributed by atoms with Crippen LogP contribution >= 0.6 is 11.6 Å². The average molecular weight is 302 g/mol. The zero-order valence-electron chi connectivity index (χ0n) is 11.3. The largest absolute Gasteiger partial charge is 0.343 e. The van der Waals surface area contributed by atoms with Crippen LogP contribution in [0.2, 0.25) is 0 Å². The van der Waals surface area contributed by atoms with Gasteiger partial charge in [0.2, 0.25) is 0 Å². The highest BCUT2D eigenvalue weighted by Gasteiger charge is 2.15. The van der Waals surface area contributed by atoms with Gasteiger partial charge >= 0.3 is 0 Å². The van der Waals surface area contributed by atoms with Crippen molar-refractivity contribution in [3.8, 4) is 6.07 Å². The maximum atomic E-state index is 10.8. The fraction of sp³-hybridized carbons (Fsp3) is 0.133. The van der Waals surface area contributed by atoms with Crippen LogP contribution in [0.1, 0.15) is 11.1 Å². The molecular formula is C15H12ClN3O2. The zero-order chi connectivity index (χ0) is 15.4. The van der Waals surface area contributed by atoms with Gasteiger partial charge in [-0.1, -0.05) is 12.1 Å². The second-order valence-corrected chi connectivity index (χ2v) is 4.66. The van der Waals surface area contributed by atoms with Crippen molar-refractivity contribution in [2.24, 2.45) is 0 Å². The molecule has 0 fully saturated rings. The molecule has 106 valence electrons. The summed E-state index contributed by atoms with van der Waals surface area (Å²) in [5, 5.41) is 20.0. The van der Waals surface area contributed by atoms with Gasteiger partial charge in [-0.2, -0.15) is 5.26 Å². The Morgan fingerprint density at radius 1 is 1.29 bits per heavy atom. The number of benzene rings is 2. The third-order valence-electron chi connectivity index (χ3n) is 3.17. The standard InChI is InChI=1S/C15H12ClN3O2/c1-18(14-5-3-2-4-11(14)10-17)15-7-6-13(19(20)21)8-12(15)9-16/h2-8H,9H2,1H3. The molecule has 0 N–H and O–H groups in total. The van der Waals surface area contributed by atoms with E-state index in [1.165, 1.54) is 12.1 Å². The molecule has 0 saturated heterocycles. The molecule has 5 nitrogen and oxygen atoms in total. The smallest absolute Gasteiger partial charge is 0.269 e. The molecule has 0 bridgehead atoms. The average Bonchev–Trinajstić information content (AvgIpc) is 2.53. The number of alkyl halides is 1. The van der Waals surface area contributed by atoms with Gasteiger partial charge < -0.3 is 4.90 Å². The minimum Gasteiger partial charge on any atom is -0.343 e. The Kier molecular flexibility index (Phi) is 4.41. The number of non-ortho nitro benzene ring substituents is 1. The Hall–Kier alpha value is -2.58. The second kappa shape index (κ2) is 6.25. The number of anilines is 2. The van der Waals surface area contributed by atoms with Crippen LogP contribution in [-0.4, -0.2) is 12.0 Å². The third-order valence-corrected chi connectivity index (χ3v) is 3.45. The first-order chi connectivity index (χ1) is 10.1. The summed E-state index contributed by atoms with van der Waals surface area (Å²) in [4.78, 5) is 12.2. The van der Waals surface area contributed by atoms with Crippen LogP contribution in [0.3, 0.4) is 0 Å². The van der Waals surface area contributed by atoms with Gasteiger partial charge in [-0.05, 0) is 23.8 Å². The number of nitro groups is 1. The van der Waals surface area contributed by atoms with Crippen LogP contribution in [0, 0.1) is 21.4 Å². The lowest BCUT2D eigenvalue weighted by Crippen LogP contribution is -2.13. The van der Waals surface area contributed by atoms with Crippen molar-refractivity contribution in [2.75, 3.05) is 11.9 Å². The number of hydrogen-bond donors (Lipinski definition) is 0. The van der Waals surface area contributed by atoms with Crippen LogP contribution in [0.25, 0.3) is 0 Å². The van der Waals surface area contributed by atoms with E-state index < -0.39 is 4.92 Å². The number of hydrogen-bond acceptors (Lipinski definition) is 4. The van der Waals surface area contributed by atoms with Gasteiger partial charge in [-0.25, -0.2) is 0 Å². The van der Waals surface area contributed by atoms with Gasteiger partial charge in [0.15, 0.2) is 0 Å². The van der Waals surface area contributed by atoms with E-state index >= 15 is 0 Å². The first-order valence-corrected chi connectivity index (χ1v) is 6.68. The normalized spacial score (nSPS) is 9.95. The first-order valence-electron chi connectivity index (χ1n) is 6.14. The molecule has 6 heteroatoms. The summed E-state index contributed by atoms with van der Waals surface area (Å²) in [5.74, 6) is 0.149. The molecule has 0 radical (unpaired) electrons. The van der Waals surface area contributed by atoms with Crippen LogP contribution in [0.5, 0.6) is 0 Å². The molecule has 21 heavy (non-hydrogen) atoms. The third kappa shape index (κ3) is 2.96. The zero-order valence-corrected chi connectivity index (χ0v) is 12.0. The molecule has 0 aliphatic heterocycles. The van der Waals surface area contributed by atoms with E-state index in [4.69, 9.17) is 16.9 Å². The number of nitro benzene ring substituents is 1. The number of para-hydroxylation sites is 1. The predicted molar refractivity (Wildman–Crippen MR) is 81.9 cm³/mol. The minimum atomic E-state index is -0.455. The van der Waals surface area contributed by atoms with Crippen molar-refractivity contribution in [2.45, 2.75) is 5.88 Å². The fourth-order valence-corrected chi connectivity index (χ4v) is 2.32. The minimum absolute atomic E-state index is 0.00336. The molecule has 0 aliphatic rings. The summed E-state index contributed by atoms with van der Waals surface area (Å²) in [7, 11) is 1.80. The monoisotopic (exact) mass is 301 g/mol. The lowest BCUT2D eigenvalue weighted by Gasteiger charge is -2.22. The van der Waals surface area contributed by atoms with E-state index in [0.717, 1.165) is 11.4 Å². The molecule has 0 atom stereocenters. The van der Waals surface area contributed by atoms with E-state index in [-0.39, 0.29) is 11.6 Å². The van der Waals surface area contributed by atoms with Crippen molar-refractivity contribution >= 4 is 28.7 Å². The molecule has 0 spiro atoms. The van der Waals surface area contributed by atoms with E-state index in [9.17, 15) is 10.1 Å². The summed E-state index contributed by atoms with van der Waals surface area (Å²) in [6.45, 7) is 0. The molecule has 0 heterocycles. The van der Waals surface area contributed by atoms with E-state index in [0.29, 0.717) is 11.1 Å². The van der Waals surface area contributed by atoms with E-state index in [1.54, 1.807) is 30.1 Å². The van der Waals surface area contributed by atoms with Crippen molar-refractivity contribution in [3.05, 3.63) is 63.7 Å². The van der Waals surface area contributed by atoms with Gasteiger partial charge in [0, 0.05) is 30.7 Å². The second-order valence-electron chi connectivity index (χ2n) is 4.39. The Bertz CT molecular complexity index is 725. The van der Waals surface area contributed by atoms with E-state index in [2.05, 4.69) is 6.07 Å². The first kappa shape index (κ1) is 14.8. The van der Waals surface area contributed by atoms with Gasteiger partial charge in [0.25, 0.3) is 5.69 Å². The highest BCUT2D eigenvalue weighted by molar-refractivity contribution is 6.17. The molecule has 0 aliphatic carbocycles. The Labute approximate surface area is 127 Å². The van der Waals surface area contributed by atoms with Crippen LogP contribution in [0.15, 0.2) is 42.5 Å². The Morgan fingerprint density at radius 3 is 2.62 bits per heavy atom. The summed E-state index contributed by atoms with van der Waals surface area (Å²) in [5.41, 5.74) is 2.62. The van der Waals surface area contributed by atoms with Crippen LogP contribution < -0.4 is 4.90 Å². The van der Waals surface area contributed by atoms with E-state index in [1.807, 2.05) is 12.1 Å². The van der Waals surface area contributed by atoms with Crippen molar-refractivity contribution < 1.29 is 4.92 Å². The Balaban J connectivity index is 2.51. The van der Waals surface area contributed by atoms with Gasteiger partial charge in [0.1, 0.15) is 6.07 Å². The lowest BCUT2D eigenvalue weighted by atomic mass is 10.1. The SMILES string of the molecule is CN(c1ccccc1C#N)c1ccc([N+](=O)[O-])cc1CCl. The maximum Gasteiger partial charge on any atom is 0.269 e. The van der Waals surface area contributed by atoms with Crippen LogP contribution in [-0.2, 0) is 5.88 Å². The molecule has 0 saturated carbocycles. The predicted octanol–water partition coefficient (Wildman–Crippen LogP) is 3.97. The summed E-state index contributed by atoms with van der Waals surface area (Å²) < 4.78 is 0. The maximum absolute atomic E-state index is 10.8. The van der Waals surface area contributed by atoms with Crippen LogP contribution in [0.4, 0.5) is 17.1 Å². The molecule has 0 amide bonds. The highest BCUT2D eigenvalue weighted by atomic mass is 35.5. The van der Waals surface area contributed by atoms with Crippen molar-refractivity contribution in [1.29, 1.82) is 5.26 Å². The number of nitriles is 1. The molecular weight excluding hydrogens is 290 g/mol. The number of halogens is 1. The van der Waals surface area contributed by atoms with Gasteiger partial charge in [-0.3, -0.25) is 10.1 Å². The quantitative estimate of drug-likeness (QED) is 0.486. The molecule has 2 aromatic carbocycles. The molecule has 2 aromatic rings. The summed E-state index contributed by atoms with van der Waals surface area (Å²) in [6.07, 6.45) is 0. The molecule has 0 unspecified atom stereocenters. The number of rotatable bonds is 4. The summed E-state index contributed by atoms with van der Waals surface area (Å²) in [6, 6.07) is 13.8. The molecule has 0 aromatic heterocycles. The van der Waals surface area contributed by atoms with Gasteiger partial charge in [0.05, 0.1) is 16.2 Å². The highest BCUT2D eigenvalue weighted by Crippen LogP contribution is 2.32. The molecule has 2 rings (SSSR count). The fourth-order valence-electron chi connectivity index (χ4n) is 2.11. The number of nitrogens with zero attached hydrogens (tertiary/aromatic N) is 3.